The molecule has 0 aliphatic carbocycles. The monoisotopic (exact) mass is 174 g/mol. The molecule has 0 radical (unpaired) electrons. The summed E-state index contributed by atoms with van der Waals surface area (Å²) in [7, 11) is 0. The lowest BCUT2D eigenvalue weighted by atomic mass is 10.1. The Kier molecular flexibility index (Phi) is 4.85. The van der Waals surface area contributed by atoms with Crippen LogP contribution in [0, 0.1) is 0 Å². The number of carbonyl (C=O) groups is 1. The van der Waals surface area contributed by atoms with Crippen molar-refractivity contribution in [2.45, 2.75) is 45.4 Å². The highest BCUT2D eigenvalue weighted by Gasteiger charge is 2.12. The highest BCUT2D eigenvalue weighted by molar-refractivity contribution is 5.81. The van der Waals surface area contributed by atoms with Crippen LogP contribution in [0.15, 0.2) is 0 Å². The van der Waals surface area contributed by atoms with Crippen LogP contribution in [0.4, 0.5) is 0 Å². The molecule has 0 rings (SSSR count). The van der Waals surface area contributed by atoms with Gasteiger partial charge in [0.05, 0.1) is 12.1 Å². The summed E-state index contributed by atoms with van der Waals surface area (Å²) in [6, 6.07) is -0.509. The van der Waals surface area contributed by atoms with Crippen LogP contribution >= 0.6 is 0 Å². The first kappa shape index (κ1) is 11.4. The first-order valence-electron chi connectivity index (χ1n) is 4.17. The first-order valence-corrected chi connectivity index (χ1v) is 4.17. The van der Waals surface area contributed by atoms with E-state index in [9.17, 15) is 4.79 Å². The number of rotatable bonds is 4. The van der Waals surface area contributed by atoms with Crippen molar-refractivity contribution >= 4 is 5.91 Å². The number of aliphatic hydroxyl groups is 1. The van der Waals surface area contributed by atoms with Crippen molar-refractivity contribution in [3.8, 4) is 0 Å². The van der Waals surface area contributed by atoms with Crippen molar-refractivity contribution in [3.63, 3.8) is 0 Å². The normalized spacial score (nSPS) is 18.1. The molecular weight excluding hydrogens is 156 g/mol. The van der Waals surface area contributed by atoms with Crippen LogP contribution < -0.4 is 11.1 Å². The summed E-state index contributed by atoms with van der Waals surface area (Å²) < 4.78 is 0. The molecule has 0 aliphatic rings. The quantitative estimate of drug-likeness (QED) is 0.543. The van der Waals surface area contributed by atoms with Crippen LogP contribution in [0.5, 0.6) is 0 Å². The molecule has 72 valence electrons. The SMILES string of the molecule is CC(O)CC(C)NC(=O)[C@H](C)N. The van der Waals surface area contributed by atoms with Gasteiger partial charge in [-0.1, -0.05) is 0 Å². The van der Waals surface area contributed by atoms with E-state index in [-0.39, 0.29) is 11.9 Å². The van der Waals surface area contributed by atoms with Gasteiger partial charge in [-0.05, 0) is 27.2 Å². The Labute approximate surface area is 73.1 Å². The minimum atomic E-state index is -0.485. The number of nitrogens with one attached hydrogen (secondary N) is 1. The fourth-order valence-corrected chi connectivity index (χ4v) is 0.945. The molecule has 0 aromatic carbocycles. The Hall–Kier alpha value is -0.610. The molecule has 0 saturated carbocycles. The van der Waals surface area contributed by atoms with E-state index in [0.29, 0.717) is 6.42 Å². The zero-order valence-corrected chi connectivity index (χ0v) is 7.87. The summed E-state index contributed by atoms with van der Waals surface area (Å²) in [5.41, 5.74) is 5.34. The molecule has 0 heterocycles. The second kappa shape index (κ2) is 5.11. The van der Waals surface area contributed by atoms with Crippen LogP contribution in [-0.2, 0) is 4.79 Å². The molecule has 4 N–H and O–H groups in total. The number of hydrogen-bond acceptors (Lipinski definition) is 3. The van der Waals surface area contributed by atoms with Crippen molar-refractivity contribution in [2.75, 3.05) is 0 Å². The highest BCUT2D eigenvalue weighted by Crippen LogP contribution is 1.96. The van der Waals surface area contributed by atoms with Gasteiger partial charge >= 0.3 is 0 Å². The Morgan fingerprint density at radius 3 is 2.33 bits per heavy atom. The molecule has 0 spiro atoms. The number of aliphatic hydroxyl groups excluding tert-OH is 1. The molecular formula is C8H18N2O2. The Bertz CT molecular complexity index is 146. The van der Waals surface area contributed by atoms with E-state index < -0.39 is 12.1 Å². The molecule has 4 heteroatoms. The topological polar surface area (TPSA) is 75.3 Å². The molecule has 3 atom stereocenters. The Morgan fingerprint density at radius 2 is 2.00 bits per heavy atom. The average Bonchev–Trinajstić information content (AvgIpc) is 1.84. The van der Waals surface area contributed by atoms with Gasteiger partial charge in [0, 0.05) is 6.04 Å². The molecule has 2 unspecified atom stereocenters. The Morgan fingerprint density at radius 1 is 1.50 bits per heavy atom. The van der Waals surface area contributed by atoms with Crippen LogP contribution in [0.3, 0.4) is 0 Å². The largest absolute Gasteiger partial charge is 0.393 e. The summed E-state index contributed by atoms with van der Waals surface area (Å²) in [5, 5.41) is 11.7. The van der Waals surface area contributed by atoms with E-state index in [0.717, 1.165) is 0 Å². The van der Waals surface area contributed by atoms with Gasteiger partial charge in [0.2, 0.25) is 5.91 Å². The van der Waals surface area contributed by atoms with Gasteiger partial charge < -0.3 is 16.2 Å². The molecule has 0 aromatic rings. The van der Waals surface area contributed by atoms with Crippen LogP contribution in [0.1, 0.15) is 27.2 Å². The third-order valence-corrected chi connectivity index (χ3v) is 1.50. The van der Waals surface area contributed by atoms with Gasteiger partial charge in [0.1, 0.15) is 0 Å². The third kappa shape index (κ3) is 5.09. The molecule has 0 bridgehead atoms. The predicted octanol–water partition coefficient (Wildman–Crippen LogP) is -0.391. The smallest absolute Gasteiger partial charge is 0.236 e. The summed E-state index contributed by atoms with van der Waals surface area (Å²) in [6.07, 6.45) is 0.159. The fourth-order valence-electron chi connectivity index (χ4n) is 0.945. The van der Waals surface area contributed by atoms with Crippen molar-refractivity contribution in [1.82, 2.24) is 5.32 Å². The highest BCUT2D eigenvalue weighted by atomic mass is 16.3. The first-order chi connectivity index (χ1) is 5.43. The number of hydrogen-bond donors (Lipinski definition) is 3. The molecule has 4 nitrogen and oxygen atoms in total. The molecule has 12 heavy (non-hydrogen) atoms. The van der Waals surface area contributed by atoms with Crippen LogP contribution in [0.2, 0.25) is 0 Å². The number of amides is 1. The third-order valence-electron chi connectivity index (χ3n) is 1.50. The van der Waals surface area contributed by atoms with E-state index in [4.69, 9.17) is 10.8 Å². The van der Waals surface area contributed by atoms with Gasteiger partial charge in [-0.3, -0.25) is 4.79 Å². The van der Waals surface area contributed by atoms with Crippen molar-refractivity contribution in [2.24, 2.45) is 5.73 Å². The fraction of sp³-hybridized carbons (Fsp3) is 0.875. The zero-order valence-electron chi connectivity index (χ0n) is 7.87. The van der Waals surface area contributed by atoms with Gasteiger partial charge in [-0.25, -0.2) is 0 Å². The molecule has 0 aliphatic heterocycles. The second-order valence-corrected chi connectivity index (χ2v) is 3.28. The summed E-state index contributed by atoms with van der Waals surface area (Å²) in [4.78, 5) is 11.0. The van der Waals surface area contributed by atoms with Crippen molar-refractivity contribution in [1.29, 1.82) is 0 Å². The molecule has 0 aromatic heterocycles. The number of nitrogens with two attached hydrogens (primary N) is 1. The minimum Gasteiger partial charge on any atom is -0.393 e. The lowest BCUT2D eigenvalue weighted by Gasteiger charge is -2.16. The average molecular weight is 174 g/mol. The molecule has 0 fully saturated rings. The van der Waals surface area contributed by atoms with E-state index in [2.05, 4.69) is 5.32 Å². The van der Waals surface area contributed by atoms with Gasteiger partial charge in [-0.2, -0.15) is 0 Å². The zero-order chi connectivity index (χ0) is 9.72. The van der Waals surface area contributed by atoms with E-state index in [1.165, 1.54) is 0 Å². The lowest BCUT2D eigenvalue weighted by Crippen LogP contribution is -2.43. The predicted molar refractivity (Wildman–Crippen MR) is 47.6 cm³/mol. The summed E-state index contributed by atoms with van der Waals surface area (Å²) in [6.45, 7) is 5.16. The van der Waals surface area contributed by atoms with Crippen LogP contribution in [-0.4, -0.2) is 29.2 Å². The molecule has 0 saturated heterocycles. The maximum atomic E-state index is 11.0. The van der Waals surface area contributed by atoms with Crippen molar-refractivity contribution < 1.29 is 9.90 Å². The summed E-state index contributed by atoms with van der Waals surface area (Å²) in [5.74, 6) is -0.178. The van der Waals surface area contributed by atoms with Gasteiger partial charge in [0.25, 0.3) is 0 Å². The summed E-state index contributed by atoms with van der Waals surface area (Å²) >= 11 is 0. The maximum absolute atomic E-state index is 11.0. The van der Waals surface area contributed by atoms with E-state index in [1.54, 1.807) is 13.8 Å². The Balaban J connectivity index is 3.69. The molecule has 1 amide bonds. The van der Waals surface area contributed by atoms with E-state index >= 15 is 0 Å². The van der Waals surface area contributed by atoms with E-state index in [1.807, 2.05) is 6.92 Å². The maximum Gasteiger partial charge on any atom is 0.236 e. The second-order valence-electron chi connectivity index (χ2n) is 3.28. The van der Waals surface area contributed by atoms with Gasteiger partial charge in [-0.15, -0.1) is 0 Å². The minimum absolute atomic E-state index is 0.0245. The standard InChI is InChI=1S/C8H18N2O2/c1-5(4-6(2)11)10-8(12)7(3)9/h5-7,11H,4,9H2,1-3H3,(H,10,12)/t5?,6?,7-/m0/s1. The van der Waals surface area contributed by atoms with Gasteiger partial charge in [0.15, 0.2) is 0 Å². The lowest BCUT2D eigenvalue weighted by molar-refractivity contribution is -0.122. The van der Waals surface area contributed by atoms with Crippen LogP contribution in [0.25, 0.3) is 0 Å². The number of carbonyl (C=O) groups excluding carboxylic acids is 1. The van der Waals surface area contributed by atoms with Crippen molar-refractivity contribution in [3.05, 3.63) is 0 Å².